The summed E-state index contributed by atoms with van der Waals surface area (Å²) in [6, 6.07) is 12.8. The van der Waals surface area contributed by atoms with E-state index >= 15 is 0 Å². The number of nitrogens with zero attached hydrogens (tertiary/aromatic N) is 5. The first-order valence-electron chi connectivity index (χ1n) is 10.3. The fourth-order valence-corrected chi connectivity index (χ4v) is 4.36. The molecule has 1 aliphatic rings. The Morgan fingerprint density at radius 2 is 1.97 bits per heavy atom. The minimum atomic E-state index is 0.267. The van der Waals surface area contributed by atoms with Crippen LogP contribution < -0.4 is 10.5 Å². The van der Waals surface area contributed by atoms with Gasteiger partial charge in [0.1, 0.15) is 11.4 Å². The molecule has 3 aromatic heterocycles. The van der Waals surface area contributed by atoms with Gasteiger partial charge in [0.25, 0.3) is 0 Å². The van der Waals surface area contributed by atoms with E-state index in [1.165, 1.54) is 5.56 Å². The number of hydrogen-bond donors (Lipinski definition) is 1. The number of aryl methyl sites for hydroxylation is 1. The largest absolute Gasteiger partial charge is 0.496 e. The van der Waals surface area contributed by atoms with Gasteiger partial charge in [-0.15, -0.1) is 10.2 Å². The minimum Gasteiger partial charge on any atom is -0.496 e. The number of nitrogens with two attached hydrogens (primary N) is 1. The molecule has 0 bridgehead atoms. The molecule has 2 N–H and O–H groups in total. The quantitative estimate of drug-likeness (QED) is 0.564. The third kappa shape index (κ3) is 3.11. The lowest BCUT2D eigenvalue weighted by Gasteiger charge is -2.24. The number of pyridine rings is 2. The second kappa shape index (κ2) is 7.34. The summed E-state index contributed by atoms with van der Waals surface area (Å²) in [7, 11) is 1.68. The van der Waals surface area contributed by atoms with Crippen molar-refractivity contribution in [2.75, 3.05) is 20.2 Å². The maximum Gasteiger partial charge on any atom is 0.187 e. The zero-order valence-electron chi connectivity index (χ0n) is 17.5. The summed E-state index contributed by atoms with van der Waals surface area (Å²) in [6.07, 6.45) is 3.18. The van der Waals surface area contributed by atoms with Crippen LogP contribution in [0.5, 0.6) is 5.75 Å². The summed E-state index contributed by atoms with van der Waals surface area (Å²) in [6.45, 7) is 6.22. The number of aromatic nitrogens is 4. The monoisotopic (exact) mass is 402 g/mol. The second-order valence-corrected chi connectivity index (χ2v) is 8.09. The lowest BCUT2D eigenvalue weighted by molar-refractivity contribution is 0.259. The molecule has 0 amide bonds. The van der Waals surface area contributed by atoms with Gasteiger partial charge in [0, 0.05) is 42.3 Å². The SMILES string of the molecule is COc1ccc2ccc(-c3nnc4ccc([C@H](C)N5CC[C@H](N)C5)cn34)nc2c1C. The molecule has 2 atom stereocenters. The van der Waals surface area contributed by atoms with Crippen LogP contribution in [0, 0.1) is 6.92 Å². The van der Waals surface area contributed by atoms with Crippen molar-refractivity contribution in [3.05, 3.63) is 53.7 Å². The topological polar surface area (TPSA) is 81.6 Å². The molecule has 7 heteroatoms. The first kappa shape index (κ1) is 19.0. The Morgan fingerprint density at radius 3 is 2.73 bits per heavy atom. The molecule has 1 fully saturated rings. The Hall–Kier alpha value is -3.03. The molecule has 4 aromatic rings. The molecule has 1 aromatic carbocycles. The Bertz CT molecular complexity index is 1230. The molecule has 0 spiro atoms. The highest BCUT2D eigenvalue weighted by atomic mass is 16.5. The zero-order valence-corrected chi connectivity index (χ0v) is 17.5. The molecule has 0 saturated carbocycles. The molecule has 1 saturated heterocycles. The van der Waals surface area contributed by atoms with Gasteiger partial charge in [-0.2, -0.15) is 0 Å². The first-order valence-corrected chi connectivity index (χ1v) is 10.3. The smallest absolute Gasteiger partial charge is 0.187 e. The van der Waals surface area contributed by atoms with E-state index in [0.717, 1.165) is 58.9 Å². The van der Waals surface area contributed by atoms with Gasteiger partial charge in [-0.3, -0.25) is 9.30 Å². The van der Waals surface area contributed by atoms with Crippen molar-refractivity contribution < 1.29 is 4.74 Å². The summed E-state index contributed by atoms with van der Waals surface area (Å²) >= 11 is 0. The van der Waals surface area contributed by atoms with E-state index in [2.05, 4.69) is 40.4 Å². The Labute approximate surface area is 175 Å². The molecule has 30 heavy (non-hydrogen) atoms. The van der Waals surface area contributed by atoms with Gasteiger partial charge in [-0.1, -0.05) is 12.1 Å². The fraction of sp³-hybridized carbons (Fsp3) is 0.348. The summed E-state index contributed by atoms with van der Waals surface area (Å²) < 4.78 is 7.50. The number of hydrogen-bond acceptors (Lipinski definition) is 6. The summed E-state index contributed by atoms with van der Waals surface area (Å²) in [5.41, 5.74) is 10.9. The van der Waals surface area contributed by atoms with Crippen LogP contribution in [-0.2, 0) is 0 Å². The lowest BCUT2D eigenvalue weighted by atomic mass is 10.1. The van der Waals surface area contributed by atoms with Crippen molar-refractivity contribution in [1.29, 1.82) is 0 Å². The van der Waals surface area contributed by atoms with Crippen LogP contribution in [0.15, 0.2) is 42.6 Å². The van der Waals surface area contributed by atoms with E-state index < -0.39 is 0 Å². The minimum absolute atomic E-state index is 0.267. The number of likely N-dealkylation sites (tertiary alicyclic amines) is 1. The number of rotatable bonds is 4. The van der Waals surface area contributed by atoms with Crippen molar-refractivity contribution in [3.8, 4) is 17.3 Å². The fourth-order valence-electron chi connectivity index (χ4n) is 4.36. The third-order valence-corrected chi connectivity index (χ3v) is 6.23. The Balaban J connectivity index is 1.58. The van der Waals surface area contributed by atoms with Crippen molar-refractivity contribution in [2.24, 2.45) is 5.73 Å². The van der Waals surface area contributed by atoms with Gasteiger partial charge in [-0.05, 0) is 50.1 Å². The molecular weight excluding hydrogens is 376 g/mol. The molecule has 0 aliphatic carbocycles. The highest BCUT2D eigenvalue weighted by Crippen LogP contribution is 2.29. The van der Waals surface area contributed by atoms with E-state index in [-0.39, 0.29) is 12.1 Å². The van der Waals surface area contributed by atoms with Gasteiger partial charge >= 0.3 is 0 Å². The highest BCUT2D eigenvalue weighted by molar-refractivity contribution is 5.85. The number of fused-ring (bicyclic) bond motifs is 2. The Kier molecular flexibility index (Phi) is 4.64. The Morgan fingerprint density at radius 1 is 1.13 bits per heavy atom. The van der Waals surface area contributed by atoms with Crippen LogP contribution in [0.1, 0.15) is 30.5 Å². The van der Waals surface area contributed by atoms with E-state index in [1.54, 1.807) is 7.11 Å². The summed E-state index contributed by atoms with van der Waals surface area (Å²) in [4.78, 5) is 7.34. The molecule has 7 nitrogen and oxygen atoms in total. The van der Waals surface area contributed by atoms with Crippen LogP contribution >= 0.6 is 0 Å². The number of benzene rings is 1. The molecule has 5 rings (SSSR count). The molecule has 1 aliphatic heterocycles. The average molecular weight is 403 g/mol. The van der Waals surface area contributed by atoms with E-state index in [4.69, 9.17) is 15.5 Å². The van der Waals surface area contributed by atoms with Crippen molar-refractivity contribution >= 4 is 16.6 Å². The maximum atomic E-state index is 6.11. The predicted octanol–water partition coefficient (Wildman–Crippen LogP) is 3.36. The second-order valence-electron chi connectivity index (χ2n) is 8.09. The van der Waals surface area contributed by atoms with Crippen LogP contribution in [-0.4, -0.2) is 50.7 Å². The van der Waals surface area contributed by atoms with E-state index in [1.807, 2.05) is 35.6 Å². The van der Waals surface area contributed by atoms with E-state index in [9.17, 15) is 0 Å². The van der Waals surface area contributed by atoms with E-state index in [0.29, 0.717) is 0 Å². The van der Waals surface area contributed by atoms with Gasteiger partial charge < -0.3 is 10.5 Å². The van der Waals surface area contributed by atoms with Crippen LogP contribution in [0.4, 0.5) is 0 Å². The summed E-state index contributed by atoms with van der Waals surface area (Å²) in [5, 5.41) is 9.87. The van der Waals surface area contributed by atoms with Gasteiger partial charge in [0.05, 0.1) is 12.6 Å². The van der Waals surface area contributed by atoms with Crippen LogP contribution in [0.3, 0.4) is 0 Å². The van der Waals surface area contributed by atoms with Crippen LogP contribution in [0.25, 0.3) is 28.1 Å². The number of ether oxygens (including phenoxy) is 1. The van der Waals surface area contributed by atoms with Gasteiger partial charge in [0.2, 0.25) is 0 Å². The van der Waals surface area contributed by atoms with Crippen LogP contribution in [0.2, 0.25) is 0 Å². The van der Waals surface area contributed by atoms with Crippen molar-refractivity contribution in [1.82, 2.24) is 24.5 Å². The van der Waals surface area contributed by atoms with Crippen molar-refractivity contribution in [3.63, 3.8) is 0 Å². The van der Waals surface area contributed by atoms with Gasteiger partial charge in [-0.25, -0.2) is 4.98 Å². The zero-order chi connectivity index (χ0) is 20.8. The molecule has 0 unspecified atom stereocenters. The van der Waals surface area contributed by atoms with Crippen molar-refractivity contribution in [2.45, 2.75) is 32.4 Å². The summed E-state index contributed by atoms with van der Waals surface area (Å²) in [5.74, 6) is 1.57. The first-order chi connectivity index (χ1) is 14.5. The molecular formula is C23H26N6O. The normalized spacial score (nSPS) is 18.3. The highest BCUT2D eigenvalue weighted by Gasteiger charge is 2.25. The lowest BCUT2D eigenvalue weighted by Crippen LogP contribution is -2.28. The molecule has 0 radical (unpaired) electrons. The predicted molar refractivity (Wildman–Crippen MR) is 118 cm³/mol. The standard InChI is InChI=1S/C23H26N6O/c1-14-20(30-3)8-5-16-4-7-19(25-22(14)16)23-27-26-21-9-6-17(12-29(21)23)15(2)28-11-10-18(24)13-28/h4-9,12,15,18H,10-11,13,24H2,1-3H3/t15-,18-/m0/s1. The molecule has 4 heterocycles. The number of methoxy groups -OCH3 is 1. The van der Waals surface area contributed by atoms with Gasteiger partial charge in [0.15, 0.2) is 11.5 Å². The molecule has 154 valence electrons. The average Bonchev–Trinajstić information content (AvgIpc) is 3.39. The third-order valence-electron chi connectivity index (χ3n) is 6.23. The maximum absolute atomic E-state index is 6.11.